The summed E-state index contributed by atoms with van der Waals surface area (Å²) in [5, 5.41) is 18.9. The van der Waals surface area contributed by atoms with Crippen molar-refractivity contribution in [2.75, 3.05) is 23.9 Å². The van der Waals surface area contributed by atoms with E-state index in [1.54, 1.807) is 18.3 Å². The Morgan fingerprint density at radius 2 is 1.70 bits per heavy atom. The number of aromatic nitrogens is 2. The Balaban J connectivity index is 1.64. The Kier molecular flexibility index (Phi) is 7.86. The Labute approximate surface area is 218 Å². The summed E-state index contributed by atoms with van der Waals surface area (Å²) >= 11 is 0. The van der Waals surface area contributed by atoms with Crippen molar-refractivity contribution in [2.24, 2.45) is 5.92 Å². The highest BCUT2D eigenvalue weighted by molar-refractivity contribution is 5.94. The lowest BCUT2D eigenvalue weighted by atomic mass is 9.86. The number of amides is 1. The molecule has 1 amide bonds. The first kappa shape index (κ1) is 24.6. The lowest BCUT2D eigenvalue weighted by molar-refractivity contribution is -0.131. The number of carbonyl (C=O) groups excluding carboxylic acids is 1. The van der Waals surface area contributed by atoms with Crippen molar-refractivity contribution in [3.8, 4) is 11.1 Å². The predicted octanol–water partition coefficient (Wildman–Crippen LogP) is 4.39. The number of hydrogen-bond donors (Lipinski definition) is 2. The summed E-state index contributed by atoms with van der Waals surface area (Å²) in [4.78, 5) is 36.9. The number of hydrogen-bond acceptors (Lipinski definition) is 6. The number of aliphatic hydroxyl groups is 1. The summed E-state index contributed by atoms with van der Waals surface area (Å²) in [6, 6.07) is 14.6. The molecule has 0 spiro atoms. The number of anilines is 2. The lowest BCUT2D eigenvalue weighted by Gasteiger charge is -2.30. The van der Waals surface area contributed by atoms with Gasteiger partial charge in [0.25, 0.3) is 0 Å². The van der Waals surface area contributed by atoms with Crippen LogP contribution in [0, 0.1) is 5.92 Å². The van der Waals surface area contributed by atoms with Crippen LogP contribution in [-0.4, -0.2) is 52.3 Å². The van der Waals surface area contributed by atoms with Crippen LogP contribution in [0.15, 0.2) is 67.0 Å². The van der Waals surface area contributed by atoms with Crippen molar-refractivity contribution in [2.45, 2.75) is 38.3 Å². The second-order valence-electron chi connectivity index (χ2n) is 9.38. The van der Waals surface area contributed by atoms with Crippen molar-refractivity contribution >= 4 is 29.6 Å². The van der Waals surface area contributed by atoms with Crippen molar-refractivity contribution in [3.05, 3.63) is 78.1 Å². The quantitative estimate of drug-likeness (QED) is 0.441. The van der Waals surface area contributed by atoms with Crippen LogP contribution in [0.1, 0.15) is 38.2 Å². The van der Waals surface area contributed by atoms with Gasteiger partial charge >= 0.3 is 5.97 Å². The zero-order chi connectivity index (χ0) is 27.2. The highest BCUT2D eigenvalue weighted by atomic mass is 16.4. The molecule has 1 saturated carbocycles. The van der Waals surface area contributed by atoms with E-state index in [1.807, 2.05) is 55.4 Å². The fourth-order valence-corrected chi connectivity index (χ4v) is 4.33. The maximum absolute atomic E-state index is 13.7. The maximum Gasteiger partial charge on any atom is 0.328 e. The zero-order valence-corrected chi connectivity index (χ0v) is 21.0. The molecule has 4 rings (SSSR count). The fraction of sp³-hybridized carbons (Fsp3) is 0.310. The van der Waals surface area contributed by atoms with Crippen LogP contribution in [0.2, 0.25) is 0 Å². The number of benzene rings is 1. The molecule has 1 fully saturated rings. The second kappa shape index (κ2) is 11.8. The van der Waals surface area contributed by atoms with E-state index in [0.717, 1.165) is 23.0 Å². The lowest BCUT2D eigenvalue weighted by Crippen LogP contribution is -2.38. The van der Waals surface area contributed by atoms with Gasteiger partial charge in [0.1, 0.15) is 11.6 Å². The standard InChI is InChI=1S/C29H32N4O4/c1-32(2)26-13-10-24(18-31-26)22-6-3-21(4-7-22)19-33(29(37)23-8-11-25(34)12-9-23)27-17-20(15-16-30-27)5-14-28(35)36/h3-7,10,13-18,23,25,34H,8-9,11-12,19H2,1-2H3,(H,35,36)/i19D. The molecule has 0 bridgehead atoms. The van der Waals surface area contributed by atoms with E-state index in [0.29, 0.717) is 36.8 Å². The van der Waals surface area contributed by atoms with E-state index >= 15 is 0 Å². The minimum atomic E-state index is -1.08. The number of carboxylic acids is 1. The van der Waals surface area contributed by atoms with Crippen LogP contribution in [0.4, 0.5) is 11.6 Å². The van der Waals surface area contributed by atoms with Gasteiger partial charge in [0, 0.05) is 44.0 Å². The van der Waals surface area contributed by atoms with Gasteiger partial charge in [0.05, 0.1) is 14.0 Å². The Bertz CT molecular complexity index is 1290. The molecular weight excluding hydrogens is 468 g/mol. The molecule has 1 atom stereocenters. The summed E-state index contributed by atoms with van der Waals surface area (Å²) in [7, 11) is 3.86. The number of pyridine rings is 2. The van der Waals surface area contributed by atoms with Gasteiger partial charge in [0.15, 0.2) is 0 Å². The third kappa shape index (κ3) is 6.80. The van der Waals surface area contributed by atoms with Gasteiger partial charge in [-0.1, -0.05) is 24.3 Å². The van der Waals surface area contributed by atoms with Crippen LogP contribution >= 0.6 is 0 Å². The number of carbonyl (C=O) groups is 2. The highest BCUT2D eigenvalue weighted by Crippen LogP contribution is 2.29. The molecule has 1 unspecified atom stereocenters. The molecule has 0 aliphatic heterocycles. The zero-order valence-electron chi connectivity index (χ0n) is 22.0. The van der Waals surface area contributed by atoms with Gasteiger partial charge in [-0.2, -0.15) is 0 Å². The second-order valence-corrected chi connectivity index (χ2v) is 9.38. The van der Waals surface area contributed by atoms with E-state index < -0.39 is 18.6 Å². The molecule has 2 heterocycles. The molecule has 2 N–H and O–H groups in total. The van der Waals surface area contributed by atoms with Gasteiger partial charge in [-0.15, -0.1) is 0 Å². The first-order valence-electron chi connectivity index (χ1n) is 12.8. The van der Waals surface area contributed by atoms with Crippen LogP contribution in [0.5, 0.6) is 0 Å². The average Bonchev–Trinajstić information content (AvgIpc) is 2.92. The summed E-state index contributed by atoms with van der Waals surface area (Å²) in [6.07, 6.45) is 7.50. The van der Waals surface area contributed by atoms with Crippen LogP contribution in [0.25, 0.3) is 17.2 Å². The number of aliphatic hydroxyl groups excluding tert-OH is 1. The SMILES string of the molecule is [2H]C(c1ccc(-c2ccc(N(C)C)nc2)cc1)N(C(=O)C1CCC(O)CC1)c1cc(C=CC(=O)O)ccn1. The Morgan fingerprint density at radius 3 is 2.32 bits per heavy atom. The molecule has 1 aliphatic rings. The molecular formula is C29H32N4O4. The van der Waals surface area contributed by atoms with Gasteiger partial charge in [-0.3, -0.25) is 9.69 Å². The largest absolute Gasteiger partial charge is 0.478 e. The van der Waals surface area contributed by atoms with Gasteiger partial charge in [-0.05, 0) is 72.7 Å². The van der Waals surface area contributed by atoms with Crippen LogP contribution in [-0.2, 0) is 16.1 Å². The average molecular weight is 502 g/mol. The minimum absolute atomic E-state index is 0.226. The Hall–Kier alpha value is -4.04. The number of nitrogens with zero attached hydrogens (tertiary/aromatic N) is 4. The monoisotopic (exact) mass is 501 g/mol. The van der Waals surface area contributed by atoms with Crippen molar-refractivity contribution in [1.29, 1.82) is 0 Å². The molecule has 8 nitrogen and oxygen atoms in total. The third-order valence-corrected chi connectivity index (χ3v) is 6.45. The summed E-state index contributed by atoms with van der Waals surface area (Å²) in [6.45, 7) is -1.07. The highest BCUT2D eigenvalue weighted by Gasteiger charge is 2.30. The summed E-state index contributed by atoms with van der Waals surface area (Å²) in [5.74, 6) is -0.500. The van der Waals surface area contributed by atoms with Gasteiger partial charge in [-0.25, -0.2) is 14.8 Å². The number of aliphatic carboxylic acids is 1. The molecule has 37 heavy (non-hydrogen) atoms. The molecule has 8 heteroatoms. The summed E-state index contributed by atoms with van der Waals surface area (Å²) in [5.41, 5.74) is 3.06. The van der Waals surface area contributed by atoms with Gasteiger partial charge in [0.2, 0.25) is 5.91 Å². The fourth-order valence-electron chi connectivity index (χ4n) is 4.33. The van der Waals surface area contributed by atoms with Crippen LogP contribution in [0.3, 0.4) is 0 Å². The van der Waals surface area contributed by atoms with Crippen molar-refractivity contribution < 1.29 is 21.2 Å². The predicted molar refractivity (Wildman–Crippen MR) is 144 cm³/mol. The minimum Gasteiger partial charge on any atom is -0.478 e. The van der Waals surface area contributed by atoms with E-state index in [1.165, 1.54) is 17.2 Å². The first-order valence-corrected chi connectivity index (χ1v) is 12.3. The summed E-state index contributed by atoms with van der Waals surface area (Å²) < 4.78 is 9.07. The van der Waals surface area contributed by atoms with E-state index in [-0.39, 0.29) is 17.6 Å². The number of rotatable bonds is 8. The Morgan fingerprint density at radius 1 is 1.00 bits per heavy atom. The molecule has 3 aromatic rings. The molecule has 0 saturated heterocycles. The molecule has 2 aromatic heterocycles. The smallest absolute Gasteiger partial charge is 0.328 e. The first-order chi connectivity index (χ1) is 18.2. The topological polar surface area (TPSA) is 107 Å². The molecule has 1 aliphatic carbocycles. The normalized spacial score (nSPS) is 18.7. The van der Waals surface area contributed by atoms with Gasteiger partial charge < -0.3 is 15.1 Å². The molecule has 0 radical (unpaired) electrons. The van der Waals surface area contributed by atoms with E-state index in [4.69, 9.17) is 6.48 Å². The van der Waals surface area contributed by atoms with E-state index in [9.17, 15) is 14.7 Å². The van der Waals surface area contributed by atoms with Crippen LogP contribution < -0.4 is 9.80 Å². The number of carboxylic acid groups (broad SMARTS) is 1. The van der Waals surface area contributed by atoms with E-state index in [2.05, 4.69) is 9.97 Å². The van der Waals surface area contributed by atoms with Crippen molar-refractivity contribution in [3.63, 3.8) is 0 Å². The molecule has 192 valence electrons. The molecule has 1 aromatic carbocycles. The maximum atomic E-state index is 13.7. The third-order valence-electron chi connectivity index (χ3n) is 6.45. The van der Waals surface area contributed by atoms with Crippen molar-refractivity contribution in [1.82, 2.24) is 9.97 Å².